The minimum absolute atomic E-state index is 0.0887. The van der Waals surface area contributed by atoms with Crippen LogP contribution in [-0.2, 0) is 20.9 Å². The summed E-state index contributed by atoms with van der Waals surface area (Å²) >= 11 is 0. The van der Waals surface area contributed by atoms with Gasteiger partial charge in [0.15, 0.2) is 12.4 Å². The van der Waals surface area contributed by atoms with Gasteiger partial charge in [0.1, 0.15) is 12.4 Å². The zero-order chi connectivity index (χ0) is 27.4. The van der Waals surface area contributed by atoms with Crippen molar-refractivity contribution in [3.63, 3.8) is 0 Å². The van der Waals surface area contributed by atoms with E-state index in [1.807, 2.05) is 30.3 Å². The highest BCUT2D eigenvalue weighted by atomic mass is 16.5. The molecule has 7 heteroatoms. The molecule has 3 aromatic carbocycles. The SMILES string of the molecule is O=C(COC(=O)c1ccccc1N1C(=O)[C@H]2[C@@H]3C=C[C@H]([C@H]4C[C@H]34)[C@@H]2C1=O)c1ccc(OCc2ccccc2)cc1. The standard InChI is InChI=1S/C33H27NO6/c35-28(20-10-12-21(13-11-20)39-17-19-6-2-1-3-7-19)18-40-33(38)24-8-4-5-9-27(24)34-31(36)29-22-14-15-23(26-16-25(22)26)30(29)32(34)37/h1-15,22-23,25-26,29-30H,16-18H2/t22-,23-,25-,26-,29+,30+/m1/s1. The van der Waals surface area contributed by atoms with Crippen molar-refractivity contribution in [3.8, 4) is 5.75 Å². The van der Waals surface area contributed by atoms with Gasteiger partial charge in [0.2, 0.25) is 11.8 Å². The molecule has 1 saturated heterocycles. The van der Waals surface area contributed by atoms with Crippen LogP contribution in [-0.4, -0.2) is 30.2 Å². The summed E-state index contributed by atoms with van der Waals surface area (Å²) in [5.74, 6) is -0.570. The van der Waals surface area contributed by atoms with Crippen LogP contribution in [0.1, 0.15) is 32.7 Å². The van der Waals surface area contributed by atoms with Crippen molar-refractivity contribution in [2.24, 2.45) is 35.5 Å². The number of Topliss-reactive ketones (excluding diaryl/α,β-unsaturated/α-hetero) is 1. The fourth-order valence-corrected chi connectivity index (χ4v) is 6.81. The number of nitrogens with zero attached hydrogens (tertiary/aromatic N) is 1. The summed E-state index contributed by atoms with van der Waals surface area (Å²) in [5.41, 5.74) is 1.72. The fraction of sp³-hybridized carbons (Fsp3) is 0.273. The Bertz CT molecular complexity index is 1510. The van der Waals surface area contributed by atoms with Gasteiger partial charge in [-0.15, -0.1) is 0 Å². The average Bonchev–Trinajstić information content (AvgIpc) is 3.78. The number of ketones is 1. The largest absolute Gasteiger partial charge is 0.489 e. The molecule has 0 spiro atoms. The van der Waals surface area contributed by atoms with Crippen molar-refractivity contribution in [2.45, 2.75) is 13.0 Å². The third-order valence-corrected chi connectivity index (χ3v) is 8.79. The normalized spacial score (nSPS) is 27.2. The molecule has 6 atom stereocenters. The maximum absolute atomic E-state index is 13.5. The maximum atomic E-state index is 13.5. The van der Waals surface area contributed by atoms with Gasteiger partial charge in [-0.05, 0) is 72.1 Å². The molecule has 7 nitrogen and oxygen atoms in total. The number of para-hydroxylation sites is 1. The van der Waals surface area contributed by atoms with Crippen molar-refractivity contribution in [3.05, 3.63) is 108 Å². The lowest BCUT2D eigenvalue weighted by atomic mass is 9.63. The van der Waals surface area contributed by atoms with Crippen LogP contribution in [0, 0.1) is 35.5 Å². The first-order valence-electron chi connectivity index (χ1n) is 13.6. The highest BCUT2D eigenvalue weighted by Crippen LogP contribution is 2.65. The van der Waals surface area contributed by atoms with Crippen LogP contribution >= 0.6 is 0 Å². The van der Waals surface area contributed by atoms with E-state index in [4.69, 9.17) is 9.47 Å². The van der Waals surface area contributed by atoms with Crippen molar-refractivity contribution >= 4 is 29.3 Å². The number of allylic oxidation sites excluding steroid dienone is 2. The second-order valence-electron chi connectivity index (χ2n) is 11.0. The monoisotopic (exact) mass is 533 g/mol. The van der Waals surface area contributed by atoms with Gasteiger partial charge in [0, 0.05) is 5.56 Å². The molecule has 0 N–H and O–H groups in total. The number of rotatable bonds is 8. The molecule has 3 aromatic rings. The third kappa shape index (κ3) is 4.04. The van der Waals surface area contributed by atoms with E-state index in [0.29, 0.717) is 29.8 Å². The van der Waals surface area contributed by atoms with E-state index in [-0.39, 0.29) is 52.5 Å². The van der Waals surface area contributed by atoms with Gasteiger partial charge in [0.05, 0.1) is 23.1 Å². The second kappa shape index (κ2) is 9.59. The number of amides is 2. The number of carbonyl (C=O) groups is 4. The number of anilines is 1. The first-order chi connectivity index (χ1) is 19.5. The Kier molecular flexibility index (Phi) is 5.88. The van der Waals surface area contributed by atoms with Crippen LogP contribution in [0.4, 0.5) is 5.69 Å². The Morgan fingerprint density at radius 3 is 2.08 bits per heavy atom. The summed E-state index contributed by atoms with van der Waals surface area (Å²) in [7, 11) is 0. The Balaban J connectivity index is 1.01. The average molecular weight is 534 g/mol. The summed E-state index contributed by atoms with van der Waals surface area (Å²) in [4.78, 5) is 54.1. The third-order valence-electron chi connectivity index (χ3n) is 8.79. The Hall–Kier alpha value is -4.52. The van der Waals surface area contributed by atoms with E-state index in [0.717, 1.165) is 12.0 Å². The summed E-state index contributed by atoms with van der Waals surface area (Å²) in [6.07, 6.45) is 5.31. The van der Waals surface area contributed by atoms with Gasteiger partial charge < -0.3 is 9.47 Å². The van der Waals surface area contributed by atoms with E-state index in [1.54, 1.807) is 42.5 Å². The molecule has 4 aliphatic carbocycles. The molecular weight excluding hydrogens is 506 g/mol. The molecule has 0 aromatic heterocycles. The molecule has 1 aliphatic heterocycles. The number of hydrogen-bond acceptors (Lipinski definition) is 6. The van der Waals surface area contributed by atoms with Crippen LogP contribution in [0.3, 0.4) is 0 Å². The number of benzene rings is 3. The number of hydrogen-bond donors (Lipinski definition) is 0. The minimum Gasteiger partial charge on any atom is -0.489 e. The van der Waals surface area contributed by atoms with E-state index in [2.05, 4.69) is 12.2 Å². The van der Waals surface area contributed by atoms with Crippen molar-refractivity contribution < 1.29 is 28.7 Å². The molecule has 2 saturated carbocycles. The van der Waals surface area contributed by atoms with E-state index >= 15 is 0 Å². The van der Waals surface area contributed by atoms with Crippen molar-refractivity contribution in [1.29, 1.82) is 0 Å². The van der Waals surface area contributed by atoms with Crippen LogP contribution in [0.5, 0.6) is 5.75 Å². The summed E-state index contributed by atoms with van der Waals surface area (Å²) < 4.78 is 11.1. The highest BCUT2D eigenvalue weighted by molar-refractivity contribution is 6.24. The molecule has 2 bridgehead atoms. The second-order valence-corrected chi connectivity index (χ2v) is 11.0. The number of imide groups is 1. The number of ether oxygens (including phenoxy) is 2. The van der Waals surface area contributed by atoms with Crippen LogP contribution in [0.25, 0.3) is 0 Å². The highest BCUT2D eigenvalue weighted by Gasteiger charge is 2.67. The predicted octanol–water partition coefficient (Wildman–Crippen LogP) is 4.86. The molecule has 8 rings (SSSR count). The molecule has 40 heavy (non-hydrogen) atoms. The molecule has 2 amide bonds. The Morgan fingerprint density at radius 2 is 1.40 bits per heavy atom. The molecule has 0 radical (unpaired) electrons. The lowest BCUT2D eigenvalue weighted by Gasteiger charge is -2.37. The molecular formula is C33H27NO6. The fourth-order valence-electron chi connectivity index (χ4n) is 6.81. The van der Waals surface area contributed by atoms with E-state index in [1.165, 1.54) is 11.0 Å². The van der Waals surface area contributed by atoms with Gasteiger partial charge in [-0.25, -0.2) is 9.69 Å². The zero-order valence-corrected chi connectivity index (χ0v) is 21.6. The van der Waals surface area contributed by atoms with Crippen molar-refractivity contribution in [2.75, 3.05) is 11.5 Å². The number of carbonyl (C=O) groups excluding carboxylic acids is 4. The van der Waals surface area contributed by atoms with Crippen LogP contribution < -0.4 is 9.64 Å². The Morgan fingerprint density at radius 1 is 0.775 bits per heavy atom. The molecule has 3 fully saturated rings. The van der Waals surface area contributed by atoms with Gasteiger partial charge in [-0.3, -0.25) is 14.4 Å². The first-order valence-corrected chi connectivity index (χ1v) is 13.6. The number of esters is 1. The quantitative estimate of drug-likeness (QED) is 0.178. The van der Waals surface area contributed by atoms with Gasteiger partial charge >= 0.3 is 5.97 Å². The maximum Gasteiger partial charge on any atom is 0.340 e. The lowest BCUT2D eigenvalue weighted by Crippen LogP contribution is -2.40. The van der Waals surface area contributed by atoms with Gasteiger partial charge in [-0.2, -0.15) is 0 Å². The molecule has 0 unspecified atom stereocenters. The van der Waals surface area contributed by atoms with Crippen molar-refractivity contribution in [1.82, 2.24) is 0 Å². The predicted molar refractivity (Wildman–Crippen MR) is 145 cm³/mol. The van der Waals surface area contributed by atoms with Gasteiger partial charge in [-0.1, -0.05) is 54.6 Å². The molecule has 200 valence electrons. The summed E-state index contributed by atoms with van der Waals surface area (Å²) in [5, 5.41) is 0. The topological polar surface area (TPSA) is 90.0 Å². The zero-order valence-electron chi connectivity index (χ0n) is 21.6. The first kappa shape index (κ1) is 24.5. The molecule has 5 aliphatic rings. The van der Waals surface area contributed by atoms with E-state index < -0.39 is 12.6 Å². The van der Waals surface area contributed by atoms with Crippen LogP contribution in [0.15, 0.2) is 91.0 Å². The minimum atomic E-state index is -0.758. The summed E-state index contributed by atoms with van der Waals surface area (Å²) in [6.45, 7) is -0.0599. The van der Waals surface area contributed by atoms with Gasteiger partial charge in [0.25, 0.3) is 0 Å². The summed E-state index contributed by atoms with van der Waals surface area (Å²) in [6, 6.07) is 22.9. The molecule has 1 heterocycles. The van der Waals surface area contributed by atoms with Crippen LogP contribution in [0.2, 0.25) is 0 Å². The lowest BCUT2D eigenvalue weighted by molar-refractivity contribution is -0.124. The smallest absolute Gasteiger partial charge is 0.340 e. The van der Waals surface area contributed by atoms with E-state index in [9.17, 15) is 19.2 Å². The Labute approximate surface area is 231 Å².